The van der Waals surface area contributed by atoms with E-state index in [1.807, 2.05) is 53.6 Å². The van der Waals surface area contributed by atoms with Crippen LogP contribution < -0.4 is 5.32 Å². The van der Waals surface area contributed by atoms with E-state index in [2.05, 4.69) is 15.2 Å². The van der Waals surface area contributed by atoms with Crippen LogP contribution in [0.25, 0.3) is 0 Å². The lowest BCUT2D eigenvalue weighted by atomic mass is 9.85. The summed E-state index contributed by atoms with van der Waals surface area (Å²) in [6.07, 6.45) is 5.87. The third kappa shape index (κ3) is 5.01. The van der Waals surface area contributed by atoms with Gasteiger partial charge in [-0.15, -0.1) is 0 Å². The van der Waals surface area contributed by atoms with Crippen LogP contribution in [-0.4, -0.2) is 52.8 Å². The molecule has 6 heteroatoms. The van der Waals surface area contributed by atoms with Crippen LogP contribution in [0, 0.1) is 5.92 Å². The molecule has 2 aromatic rings. The van der Waals surface area contributed by atoms with Crippen molar-refractivity contribution in [2.75, 3.05) is 31.5 Å². The number of aromatic nitrogens is 1. The van der Waals surface area contributed by atoms with E-state index in [-0.39, 0.29) is 17.7 Å². The van der Waals surface area contributed by atoms with Crippen molar-refractivity contribution in [3.8, 4) is 0 Å². The second-order valence-corrected chi connectivity index (χ2v) is 7.94. The molecule has 1 saturated carbocycles. The van der Waals surface area contributed by atoms with E-state index in [4.69, 9.17) is 0 Å². The predicted octanol–water partition coefficient (Wildman–Crippen LogP) is 3.17. The molecule has 1 aliphatic carbocycles. The number of nitrogens with zero attached hydrogens (tertiary/aromatic N) is 3. The van der Waals surface area contributed by atoms with Crippen molar-refractivity contribution in [1.29, 1.82) is 0 Å². The van der Waals surface area contributed by atoms with Crippen molar-refractivity contribution in [2.45, 2.75) is 32.2 Å². The maximum absolute atomic E-state index is 12.9. The summed E-state index contributed by atoms with van der Waals surface area (Å²) in [6, 6.07) is 13.3. The molecule has 1 aromatic carbocycles. The lowest BCUT2D eigenvalue weighted by Crippen LogP contribution is -2.35. The number of pyridine rings is 1. The Bertz CT molecular complexity index is 834. The van der Waals surface area contributed by atoms with Gasteiger partial charge in [0.1, 0.15) is 0 Å². The average molecular weight is 393 g/mol. The smallest absolute Gasteiger partial charge is 0.253 e. The summed E-state index contributed by atoms with van der Waals surface area (Å²) in [5.74, 6) is 0.305. The van der Waals surface area contributed by atoms with Crippen LogP contribution in [-0.2, 0) is 11.3 Å². The minimum Gasteiger partial charge on any atom is -0.337 e. The van der Waals surface area contributed by atoms with Gasteiger partial charge in [-0.2, -0.15) is 0 Å². The van der Waals surface area contributed by atoms with Gasteiger partial charge < -0.3 is 10.2 Å². The van der Waals surface area contributed by atoms with Crippen LogP contribution in [0.3, 0.4) is 0 Å². The zero-order chi connectivity index (χ0) is 20.1. The average Bonchev–Trinajstić information content (AvgIpc) is 2.93. The topological polar surface area (TPSA) is 65.5 Å². The highest BCUT2D eigenvalue weighted by molar-refractivity contribution is 5.96. The number of anilines is 1. The predicted molar refractivity (Wildman–Crippen MR) is 112 cm³/mol. The molecule has 152 valence electrons. The number of carbonyl (C=O) groups excluding carboxylic acids is 2. The van der Waals surface area contributed by atoms with Crippen LogP contribution in [0.15, 0.2) is 48.7 Å². The Kier molecular flexibility index (Phi) is 6.20. The molecule has 2 amide bonds. The zero-order valence-electron chi connectivity index (χ0n) is 16.7. The van der Waals surface area contributed by atoms with Gasteiger partial charge in [-0.05, 0) is 55.7 Å². The van der Waals surface area contributed by atoms with Gasteiger partial charge >= 0.3 is 0 Å². The summed E-state index contributed by atoms with van der Waals surface area (Å²) in [6.45, 7) is 4.10. The number of hydrogen-bond donors (Lipinski definition) is 1. The fourth-order valence-corrected chi connectivity index (χ4v) is 3.85. The lowest BCUT2D eigenvalue weighted by molar-refractivity contribution is -0.122. The van der Waals surface area contributed by atoms with E-state index in [0.29, 0.717) is 12.1 Å². The van der Waals surface area contributed by atoms with Crippen molar-refractivity contribution in [3.05, 3.63) is 59.9 Å². The molecule has 1 saturated heterocycles. The van der Waals surface area contributed by atoms with Crippen LogP contribution in [0.5, 0.6) is 0 Å². The molecule has 2 fully saturated rings. The van der Waals surface area contributed by atoms with E-state index in [9.17, 15) is 9.59 Å². The first-order valence-electron chi connectivity index (χ1n) is 10.5. The van der Waals surface area contributed by atoms with Crippen molar-refractivity contribution < 1.29 is 9.59 Å². The van der Waals surface area contributed by atoms with Crippen LogP contribution in [0.1, 0.15) is 41.7 Å². The van der Waals surface area contributed by atoms with Gasteiger partial charge in [-0.3, -0.25) is 19.5 Å². The SMILES string of the molecule is O=C(Nc1ccc(C(=O)N2CCCN(Cc3ccccn3)CC2)cc1)C1CCC1. The fourth-order valence-electron chi connectivity index (χ4n) is 3.85. The van der Waals surface area contributed by atoms with Crippen LogP contribution in [0.2, 0.25) is 0 Å². The molecular formula is C23H28N4O2. The van der Waals surface area contributed by atoms with Gasteiger partial charge in [0.25, 0.3) is 5.91 Å². The molecule has 6 nitrogen and oxygen atoms in total. The third-order valence-electron chi connectivity index (χ3n) is 5.86. The third-order valence-corrected chi connectivity index (χ3v) is 5.86. The first kappa shape index (κ1) is 19.6. The highest BCUT2D eigenvalue weighted by Crippen LogP contribution is 2.27. The number of rotatable bonds is 5. The van der Waals surface area contributed by atoms with Gasteiger partial charge in [-0.25, -0.2) is 0 Å². The molecule has 1 aliphatic heterocycles. The summed E-state index contributed by atoms with van der Waals surface area (Å²) in [5.41, 5.74) is 2.49. The maximum Gasteiger partial charge on any atom is 0.253 e. The van der Waals surface area contributed by atoms with E-state index in [0.717, 1.165) is 63.2 Å². The number of carbonyl (C=O) groups is 2. The quantitative estimate of drug-likeness (QED) is 0.849. The Hall–Kier alpha value is -2.73. The van der Waals surface area contributed by atoms with Crippen LogP contribution >= 0.6 is 0 Å². The van der Waals surface area contributed by atoms with Gasteiger partial charge in [0.2, 0.25) is 5.91 Å². The number of nitrogens with one attached hydrogen (secondary N) is 1. The van der Waals surface area contributed by atoms with Crippen LogP contribution in [0.4, 0.5) is 5.69 Å². The van der Waals surface area contributed by atoms with Gasteiger partial charge in [-0.1, -0.05) is 12.5 Å². The van der Waals surface area contributed by atoms with E-state index in [1.165, 1.54) is 0 Å². The molecule has 29 heavy (non-hydrogen) atoms. The first-order chi connectivity index (χ1) is 14.2. The minimum atomic E-state index is 0.0570. The second kappa shape index (κ2) is 9.18. The molecule has 2 aliphatic rings. The van der Waals surface area contributed by atoms with E-state index < -0.39 is 0 Å². The molecule has 4 rings (SSSR count). The molecule has 0 spiro atoms. The molecular weight excluding hydrogens is 364 g/mol. The van der Waals surface area contributed by atoms with Crippen molar-refractivity contribution >= 4 is 17.5 Å². The zero-order valence-corrected chi connectivity index (χ0v) is 16.7. The molecule has 2 heterocycles. The summed E-state index contributed by atoms with van der Waals surface area (Å²) in [4.78, 5) is 33.7. The normalized spacial score (nSPS) is 18.0. The Morgan fingerprint density at radius 2 is 1.79 bits per heavy atom. The number of amides is 2. The lowest BCUT2D eigenvalue weighted by Gasteiger charge is -2.24. The highest BCUT2D eigenvalue weighted by Gasteiger charge is 2.25. The maximum atomic E-state index is 12.9. The molecule has 0 bridgehead atoms. The minimum absolute atomic E-state index is 0.0570. The monoisotopic (exact) mass is 392 g/mol. The summed E-state index contributed by atoms with van der Waals surface area (Å²) >= 11 is 0. The molecule has 0 unspecified atom stereocenters. The van der Waals surface area contributed by atoms with Crippen molar-refractivity contribution in [1.82, 2.24) is 14.8 Å². The molecule has 0 atom stereocenters. The number of hydrogen-bond acceptors (Lipinski definition) is 4. The van der Waals surface area contributed by atoms with E-state index >= 15 is 0 Å². The summed E-state index contributed by atoms with van der Waals surface area (Å²) < 4.78 is 0. The van der Waals surface area contributed by atoms with Gasteiger partial charge in [0.15, 0.2) is 0 Å². The van der Waals surface area contributed by atoms with Gasteiger partial charge in [0.05, 0.1) is 5.69 Å². The second-order valence-electron chi connectivity index (χ2n) is 7.94. The van der Waals surface area contributed by atoms with Gasteiger partial charge in [0, 0.05) is 56.1 Å². The summed E-state index contributed by atoms with van der Waals surface area (Å²) in [5, 5.41) is 2.95. The largest absolute Gasteiger partial charge is 0.337 e. The van der Waals surface area contributed by atoms with Crippen molar-refractivity contribution in [2.24, 2.45) is 5.92 Å². The fraction of sp³-hybridized carbons (Fsp3) is 0.435. The molecule has 1 aromatic heterocycles. The Morgan fingerprint density at radius 1 is 0.966 bits per heavy atom. The molecule has 1 N–H and O–H groups in total. The molecule has 0 radical (unpaired) electrons. The number of benzene rings is 1. The Balaban J connectivity index is 1.31. The summed E-state index contributed by atoms with van der Waals surface area (Å²) in [7, 11) is 0. The highest BCUT2D eigenvalue weighted by atomic mass is 16.2. The first-order valence-corrected chi connectivity index (χ1v) is 10.5. The standard InChI is InChI=1S/C23H28N4O2/c28-22(18-5-3-6-18)25-20-10-8-19(9-11-20)23(29)27-14-4-13-26(15-16-27)17-21-7-1-2-12-24-21/h1-2,7-12,18H,3-6,13-17H2,(H,25,28). The Labute approximate surface area is 171 Å². The van der Waals surface area contributed by atoms with E-state index in [1.54, 1.807) is 0 Å². The van der Waals surface area contributed by atoms with Crippen molar-refractivity contribution in [3.63, 3.8) is 0 Å². The Morgan fingerprint density at radius 3 is 2.48 bits per heavy atom.